The zero-order valence-electron chi connectivity index (χ0n) is 10.7. The highest BCUT2D eigenvalue weighted by Crippen LogP contribution is 2.24. The van der Waals surface area contributed by atoms with Crippen LogP contribution in [0.2, 0.25) is 5.02 Å². The van der Waals surface area contributed by atoms with E-state index in [1.54, 1.807) is 6.07 Å². The number of aliphatic hydroxyl groups is 1. The largest absolute Gasteiger partial charge is 0.486 e. The average molecular weight is 299 g/mol. The fourth-order valence-corrected chi connectivity index (χ4v) is 1.90. The Labute approximate surface area is 120 Å². The van der Waals surface area contributed by atoms with Crippen molar-refractivity contribution in [3.05, 3.63) is 64.2 Å². The summed E-state index contributed by atoms with van der Waals surface area (Å²) < 4.78 is 32.5. The Bertz CT molecular complexity index is 615. The quantitative estimate of drug-likeness (QED) is 0.914. The summed E-state index contributed by atoms with van der Waals surface area (Å²) in [5, 5.41) is 9.73. The van der Waals surface area contributed by atoms with Crippen LogP contribution in [-0.4, -0.2) is 5.11 Å². The summed E-state index contributed by atoms with van der Waals surface area (Å²) in [7, 11) is 0. The van der Waals surface area contributed by atoms with Crippen LogP contribution >= 0.6 is 11.6 Å². The van der Waals surface area contributed by atoms with Gasteiger partial charge in [-0.15, -0.1) is 0 Å². The lowest BCUT2D eigenvalue weighted by Crippen LogP contribution is -2.01. The van der Waals surface area contributed by atoms with Gasteiger partial charge in [0, 0.05) is 10.6 Å². The van der Waals surface area contributed by atoms with Gasteiger partial charge in [0.2, 0.25) is 0 Å². The third-order valence-corrected chi connectivity index (χ3v) is 3.06. The molecular weight excluding hydrogens is 286 g/mol. The van der Waals surface area contributed by atoms with Crippen molar-refractivity contribution in [2.45, 2.75) is 19.6 Å². The summed E-state index contributed by atoms with van der Waals surface area (Å²) in [6.45, 7) is 1.41. The Balaban J connectivity index is 2.13. The molecule has 2 aromatic rings. The Hall–Kier alpha value is -1.65. The van der Waals surface area contributed by atoms with Crippen molar-refractivity contribution in [3.63, 3.8) is 0 Å². The Morgan fingerprint density at radius 2 is 1.90 bits per heavy atom. The van der Waals surface area contributed by atoms with Crippen molar-refractivity contribution in [2.75, 3.05) is 0 Å². The predicted octanol–water partition coefficient (Wildman–Crippen LogP) is 4.25. The second-order valence-electron chi connectivity index (χ2n) is 4.39. The summed E-state index contributed by atoms with van der Waals surface area (Å²) in [5.41, 5.74) is 0.695. The molecule has 0 bridgehead atoms. The van der Waals surface area contributed by atoms with E-state index in [1.165, 1.54) is 37.3 Å². The molecule has 1 atom stereocenters. The molecule has 0 saturated carbocycles. The van der Waals surface area contributed by atoms with Gasteiger partial charge < -0.3 is 9.84 Å². The summed E-state index contributed by atoms with van der Waals surface area (Å²) in [5.74, 6) is -1.07. The Morgan fingerprint density at radius 3 is 2.55 bits per heavy atom. The lowest BCUT2D eigenvalue weighted by molar-refractivity contribution is 0.198. The van der Waals surface area contributed by atoms with Gasteiger partial charge in [-0.25, -0.2) is 8.78 Å². The van der Waals surface area contributed by atoms with Crippen LogP contribution in [0, 0.1) is 11.6 Å². The van der Waals surface area contributed by atoms with Crippen molar-refractivity contribution in [2.24, 2.45) is 0 Å². The molecular formula is C15H13ClF2O2. The second-order valence-corrected chi connectivity index (χ2v) is 4.83. The fraction of sp³-hybridized carbons (Fsp3) is 0.200. The summed E-state index contributed by atoms with van der Waals surface area (Å²) in [6.07, 6.45) is -0.760. The van der Waals surface area contributed by atoms with Crippen molar-refractivity contribution in [3.8, 4) is 5.75 Å². The molecule has 0 fully saturated rings. The van der Waals surface area contributed by atoms with Crippen LogP contribution in [0.15, 0.2) is 36.4 Å². The second kappa shape index (κ2) is 6.20. The van der Waals surface area contributed by atoms with Gasteiger partial charge in [0.25, 0.3) is 0 Å². The van der Waals surface area contributed by atoms with Gasteiger partial charge in [0.05, 0.1) is 6.10 Å². The molecule has 0 aliphatic carbocycles. The number of hydrogen-bond donors (Lipinski definition) is 1. The zero-order valence-corrected chi connectivity index (χ0v) is 11.5. The molecule has 2 nitrogen and oxygen atoms in total. The highest BCUT2D eigenvalue weighted by molar-refractivity contribution is 6.30. The lowest BCUT2D eigenvalue weighted by Gasteiger charge is -2.10. The van der Waals surface area contributed by atoms with E-state index in [1.807, 2.05) is 0 Å². The molecule has 1 N–H and O–H groups in total. The molecule has 0 aromatic heterocycles. The summed E-state index contributed by atoms with van der Waals surface area (Å²) in [4.78, 5) is 0. The first-order chi connectivity index (χ1) is 9.47. The molecule has 0 unspecified atom stereocenters. The summed E-state index contributed by atoms with van der Waals surface area (Å²) in [6, 6.07) is 8.23. The standard InChI is InChI=1S/C15H13ClF2O2/c1-9(19)10-2-5-15(14(18)7-10)20-8-11-6-12(16)3-4-13(11)17/h2-7,9,19H,8H2,1H3/t9-/m1/s1. The van der Waals surface area contributed by atoms with Crippen molar-refractivity contribution < 1.29 is 18.6 Å². The van der Waals surface area contributed by atoms with E-state index in [0.717, 1.165) is 0 Å². The van der Waals surface area contributed by atoms with Gasteiger partial charge in [-0.3, -0.25) is 0 Å². The minimum absolute atomic E-state index is 0.00576. The van der Waals surface area contributed by atoms with E-state index in [-0.39, 0.29) is 17.9 Å². The van der Waals surface area contributed by atoms with E-state index < -0.39 is 17.7 Å². The highest BCUT2D eigenvalue weighted by Gasteiger charge is 2.10. The smallest absolute Gasteiger partial charge is 0.165 e. The average Bonchev–Trinajstić information content (AvgIpc) is 2.40. The van der Waals surface area contributed by atoms with Gasteiger partial charge >= 0.3 is 0 Å². The van der Waals surface area contributed by atoms with Crippen LogP contribution in [0.1, 0.15) is 24.2 Å². The maximum absolute atomic E-state index is 13.7. The van der Waals surface area contributed by atoms with Gasteiger partial charge in [0.1, 0.15) is 12.4 Å². The van der Waals surface area contributed by atoms with Crippen LogP contribution in [0.25, 0.3) is 0 Å². The third kappa shape index (κ3) is 3.46. The van der Waals surface area contributed by atoms with E-state index in [4.69, 9.17) is 16.3 Å². The highest BCUT2D eigenvalue weighted by atomic mass is 35.5. The topological polar surface area (TPSA) is 29.5 Å². The molecule has 0 aliphatic rings. The molecule has 5 heteroatoms. The van der Waals surface area contributed by atoms with E-state index in [0.29, 0.717) is 10.6 Å². The fourth-order valence-electron chi connectivity index (χ4n) is 1.70. The molecule has 2 aromatic carbocycles. The molecule has 0 radical (unpaired) electrons. The van der Waals surface area contributed by atoms with Crippen molar-refractivity contribution in [1.82, 2.24) is 0 Å². The van der Waals surface area contributed by atoms with Crippen LogP contribution in [0.4, 0.5) is 8.78 Å². The molecule has 2 rings (SSSR count). The molecule has 0 amide bonds. The van der Waals surface area contributed by atoms with E-state index in [9.17, 15) is 13.9 Å². The zero-order chi connectivity index (χ0) is 14.7. The van der Waals surface area contributed by atoms with Crippen molar-refractivity contribution in [1.29, 1.82) is 0 Å². The third-order valence-electron chi connectivity index (χ3n) is 2.83. The first-order valence-electron chi connectivity index (χ1n) is 6.01. The van der Waals surface area contributed by atoms with Crippen LogP contribution < -0.4 is 4.74 Å². The number of aliphatic hydroxyl groups excluding tert-OH is 1. The maximum atomic E-state index is 13.7. The minimum atomic E-state index is -0.760. The lowest BCUT2D eigenvalue weighted by atomic mass is 10.1. The number of hydrogen-bond acceptors (Lipinski definition) is 2. The Morgan fingerprint density at radius 1 is 1.15 bits per heavy atom. The van der Waals surface area contributed by atoms with Crippen LogP contribution in [0.3, 0.4) is 0 Å². The molecule has 20 heavy (non-hydrogen) atoms. The number of benzene rings is 2. The normalized spacial score (nSPS) is 12.2. The monoisotopic (exact) mass is 298 g/mol. The van der Waals surface area contributed by atoms with Crippen molar-refractivity contribution >= 4 is 11.6 Å². The molecule has 106 valence electrons. The van der Waals surface area contributed by atoms with E-state index >= 15 is 0 Å². The first kappa shape index (κ1) is 14.8. The number of rotatable bonds is 4. The number of halogens is 3. The minimum Gasteiger partial charge on any atom is -0.486 e. The molecule has 0 heterocycles. The molecule has 0 saturated heterocycles. The van der Waals surface area contributed by atoms with Crippen LogP contribution in [-0.2, 0) is 6.61 Å². The molecule has 0 aliphatic heterocycles. The maximum Gasteiger partial charge on any atom is 0.165 e. The van der Waals surface area contributed by atoms with Crippen LogP contribution in [0.5, 0.6) is 5.75 Å². The Kier molecular flexibility index (Phi) is 4.57. The van der Waals surface area contributed by atoms with Gasteiger partial charge in [0.15, 0.2) is 11.6 Å². The first-order valence-corrected chi connectivity index (χ1v) is 6.39. The van der Waals surface area contributed by atoms with Gasteiger partial charge in [-0.2, -0.15) is 0 Å². The number of ether oxygens (including phenoxy) is 1. The van der Waals surface area contributed by atoms with Gasteiger partial charge in [-0.05, 0) is 42.8 Å². The predicted molar refractivity (Wildman–Crippen MR) is 72.8 cm³/mol. The SMILES string of the molecule is C[C@@H](O)c1ccc(OCc2cc(Cl)ccc2F)c(F)c1. The molecule has 0 spiro atoms. The summed E-state index contributed by atoms with van der Waals surface area (Å²) >= 11 is 5.76. The van der Waals surface area contributed by atoms with Gasteiger partial charge in [-0.1, -0.05) is 17.7 Å². The van der Waals surface area contributed by atoms with E-state index in [2.05, 4.69) is 0 Å².